The zero-order chi connectivity index (χ0) is 93.1. The van der Waals surface area contributed by atoms with Crippen LogP contribution in [0.4, 0.5) is 40.8 Å². The van der Waals surface area contributed by atoms with E-state index in [4.69, 9.17) is 69.1 Å². The molecule has 14 fully saturated rings. The Bertz CT molecular complexity index is 4960. The minimum Gasteiger partial charge on any atom is -0.406 e. The van der Waals surface area contributed by atoms with Gasteiger partial charge in [0.05, 0.1) is 89.6 Å². The molecule has 14 aliphatic rings. The number of urea groups is 5. The maximum atomic E-state index is 12.9. The summed E-state index contributed by atoms with van der Waals surface area (Å²) in [6.07, 6.45) is 6.68. The number of hydrogen-bond donors (Lipinski definition) is 5. The van der Waals surface area contributed by atoms with Crippen LogP contribution >= 0.6 is 24.0 Å². The third-order valence-corrected chi connectivity index (χ3v) is 25.6. The molecule has 0 unspecified atom stereocenters. The number of hydrogen-bond acceptors (Lipinski definition) is 30. The standard InChI is InChI=1S/C20H26N4O5.C19H23N5O4.C15H19N3O3.C14H18N4O3.C12H17N5O7S.C5H8ClNO2.5CH4.ClH/c25-18(22-8-10-28-11-9-22)12-21-19(26)17-7-6-16-13-23(17)20(27)24(16)29-14-15-4-2-1-3-5-15;25-19-23-12-15(24(19)27-13-14-4-2-1-3-5-14)6-7-16(23)17-20-21-18(28-17)22-8-10-26-11-9-22;1-16-14(19)13-8-7-12-9-17(13)15(20)18(12)21-10-11-5-3-2-4-6-11;15-16-13(19)12-7-6-11-8-17(12)14(20)18(11)21-9-10-4-2-1-3-5-10;18-12-16-7-8(17(12)24-25(19,20)21)1-2-9(16)10-13-14-11(23-10)15-3-5-22-6-4-15;6-5(8)7-1-3-9-4-2-7;;;;;;/h1-5,16-17H,6-14H2,(H,21,26);1-5,15-16H,6-13H2;2-6,12-13H,7-10H2,1H3,(H,16,19);1-5,11-12H,6-9,15H2,(H,16,19);8-9H,1-7H2,(H,19,20,21);1-4H2;5*1H4;1H/t16-,17+;15-,16+;12-,13+;11-,12+;8-,9+;;;;;;;/m11111......./s1. The second-order valence-corrected chi connectivity index (χ2v) is 34.6. The molecule has 10 bridgehead atoms. The Balaban J connectivity index is 0.000000189. The molecule has 0 spiro atoms. The normalized spacial score (nSPS) is 23.6. The zero-order valence-electron chi connectivity index (χ0n) is 73.9. The van der Waals surface area contributed by atoms with Gasteiger partial charge in [-0.05, 0) is 98.1 Å². The number of piperidine rings is 5. The molecule has 10 atom stereocenters. The number of nitrogens with two attached hydrogens (primary N) is 1. The lowest BCUT2D eigenvalue weighted by Gasteiger charge is -2.30. The van der Waals surface area contributed by atoms with Gasteiger partial charge in [-0.25, -0.2) is 29.8 Å². The number of likely N-dealkylation sites (N-methyl/N-ethyl adjacent to an activating group) is 1. The second-order valence-electron chi connectivity index (χ2n) is 33.3. The van der Waals surface area contributed by atoms with E-state index in [9.17, 15) is 56.4 Å². The van der Waals surface area contributed by atoms with Gasteiger partial charge in [-0.3, -0.25) is 53.3 Å². The molecule has 0 saturated carbocycles. The molecule has 15 amide bonds. The van der Waals surface area contributed by atoms with Crippen LogP contribution in [-0.2, 0) is 98.6 Å². The van der Waals surface area contributed by atoms with E-state index in [2.05, 4.69) is 40.7 Å². The third kappa shape index (κ3) is 27.8. The summed E-state index contributed by atoms with van der Waals surface area (Å²) in [5.74, 6) is 5.11. The van der Waals surface area contributed by atoms with Gasteiger partial charge in [-0.2, -0.15) is 33.7 Å². The first-order valence-corrected chi connectivity index (χ1v) is 46.3. The monoisotopic (exact) mass is 2010 g/mol. The van der Waals surface area contributed by atoms with Crippen LogP contribution in [0.1, 0.15) is 147 Å². The highest BCUT2D eigenvalue weighted by Gasteiger charge is 2.54. The summed E-state index contributed by atoms with van der Waals surface area (Å²) in [4.78, 5) is 160. The van der Waals surface area contributed by atoms with Crippen LogP contribution in [0.2, 0.25) is 0 Å². The fourth-order valence-corrected chi connectivity index (χ4v) is 18.5. The van der Waals surface area contributed by atoms with E-state index in [-0.39, 0.29) is 152 Å². The summed E-state index contributed by atoms with van der Waals surface area (Å²) in [7, 11) is -3.17. The summed E-state index contributed by atoms with van der Waals surface area (Å²) < 4.78 is 67.6. The molecule has 16 heterocycles. The molecule has 139 heavy (non-hydrogen) atoms. The van der Waals surface area contributed by atoms with E-state index >= 15 is 0 Å². The van der Waals surface area contributed by atoms with Crippen molar-refractivity contribution in [2.75, 3.05) is 161 Å². The molecule has 6 aromatic rings. The van der Waals surface area contributed by atoms with Crippen molar-refractivity contribution in [1.29, 1.82) is 0 Å². The fourth-order valence-electron chi connectivity index (χ4n) is 17.9. The van der Waals surface area contributed by atoms with Crippen LogP contribution in [0.3, 0.4) is 0 Å². The van der Waals surface area contributed by atoms with Gasteiger partial charge in [-0.1, -0.05) is 169 Å². The van der Waals surface area contributed by atoms with Crippen molar-refractivity contribution in [2.45, 2.75) is 188 Å². The quantitative estimate of drug-likeness (QED) is 0.0102. The highest BCUT2D eigenvalue weighted by atomic mass is 35.5. The van der Waals surface area contributed by atoms with Gasteiger partial charge in [0, 0.05) is 92.1 Å². The maximum absolute atomic E-state index is 12.9. The van der Waals surface area contributed by atoms with Gasteiger partial charge in [0.2, 0.25) is 29.5 Å². The van der Waals surface area contributed by atoms with E-state index in [1.54, 1.807) is 31.5 Å². The number of aromatic nitrogens is 4. The van der Waals surface area contributed by atoms with Crippen LogP contribution in [0.5, 0.6) is 0 Å². The fraction of sp³-hybridized carbons (Fsp3) is 0.578. The second kappa shape index (κ2) is 52.7. The first kappa shape index (κ1) is 111. The number of halogens is 2. The number of morpholine rings is 4. The summed E-state index contributed by atoms with van der Waals surface area (Å²) >= 11 is 5.19. The molecule has 14 aliphatic heterocycles. The molecule has 6 N–H and O–H groups in total. The number of carbonyl (C=O) groups is 10. The van der Waals surface area contributed by atoms with Gasteiger partial charge in [-0.15, -0.1) is 26.9 Å². The summed E-state index contributed by atoms with van der Waals surface area (Å²) in [5.41, 5.74) is 6.15. The van der Waals surface area contributed by atoms with Gasteiger partial charge in [0.25, 0.3) is 5.91 Å². The maximum Gasteiger partial charge on any atom is 0.418 e. The molecule has 0 aliphatic carbocycles. The number of amides is 15. The van der Waals surface area contributed by atoms with Gasteiger partial charge in [0.1, 0.15) is 56.6 Å². The Labute approximate surface area is 820 Å². The minimum atomic E-state index is -4.76. The third-order valence-electron chi connectivity index (χ3n) is 25.0. The van der Waals surface area contributed by atoms with Gasteiger partial charge in [0.15, 0.2) is 0 Å². The van der Waals surface area contributed by atoms with Crippen LogP contribution in [-0.4, -0.2) is 352 Å². The van der Waals surface area contributed by atoms with Crippen molar-refractivity contribution in [1.82, 2.24) is 96.1 Å². The Kier molecular flexibility index (Phi) is 42.2. The first-order chi connectivity index (χ1) is 64.6. The van der Waals surface area contributed by atoms with Crippen molar-refractivity contribution in [3.05, 3.63) is 155 Å². The smallest absolute Gasteiger partial charge is 0.406 e. The lowest BCUT2D eigenvalue weighted by atomic mass is 10.0. The number of benzene rings is 4. The molecule has 20 rings (SSSR count). The van der Waals surface area contributed by atoms with Crippen molar-refractivity contribution in [3.8, 4) is 0 Å². The van der Waals surface area contributed by atoms with Crippen LogP contribution in [0.15, 0.2) is 130 Å². The largest absolute Gasteiger partial charge is 0.418 e. The van der Waals surface area contributed by atoms with Gasteiger partial charge >= 0.3 is 58.0 Å². The topological polar surface area (TPSA) is 493 Å². The number of fused-ring (bicyclic) bond motifs is 10. The SMILES string of the molecule is C.C.C.C.C.CNC(=O)[C@@H]1CC[C@@H]2CN1C(=O)N2OCc1ccccc1.Cl.NNC(=O)[C@@H]1CC[C@@H]2CN1C(=O)N2OCc1ccccc1.O=C(Cl)N1CCOCC1.O=C(NCC(=O)N1CCOCC1)[C@@H]1CC[C@@H]2CN1C(=O)N2OCc1ccccc1.O=C1N2C[C@@H](CC[C@H]2c2nnc(N3CCOCC3)o2)N1OCc1ccccc1.O=C1N2C[C@@H](CC[C@H]2c2nnc(N3CCOCC3)o2)N1OS(=O)(=O)O. The minimum absolute atomic E-state index is 0. The van der Waals surface area contributed by atoms with E-state index in [0.717, 1.165) is 61.0 Å². The zero-order valence-corrected chi connectivity index (χ0v) is 76.3. The predicted molar refractivity (Wildman–Crippen MR) is 505 cm³/mol. The van der Waals surface area contributed by atoms with Crippen LogP contribution in [0, 0.1) is 0 Å². The number of hydrazine groups is 1. The summed E-state index contributed by atoms with van der Waals surface area (Å²) in [5, 5.41) is 27.9. The molecular weight excluding hydrogens is 1880 g/mol. The highest BCUT2D eigenvalue weighted by molar-refractivity contribution is 7.80. The molecule has 0 radical (unpaired) electrons. The van der Waals surface area contributed by atoms with E-state index in [0.29, 0.717) is 212 Å². The van der Waals surface area contributed by atoms with Gasteiger partial charge < -0.3 is 82.5 Å². The first-order valence-electron chi connectivity index (χ1n) is 44.6. The Morgan fingerprint density at radius 2 is 0.705 bits per heavy atom. The summed E-state index contributed by atoms with van der Waals surface area (Å²) in [6.45, 7) is 13.5. The number of hydroxylamine groups is 10. The molecule has 766 valence electrons. The molecule has 14 saturated heterocycles. The highest BCUT2D eigenvalue weighted by Crippen LogP contribution is 2.42. The molecule has 49 heteroatoms. The summed E-state index contributed by atoms with van der Waals surface area (Å²) in [6, 6.07) is 35.8. The van der Waals surface area contributed by atoms with Crippen LogP contribution < -0.4 is 31.7 Å². The molecule has 2 aromatic heterocycles. The number of anilines is 2. The van der Waals surface area contributed by atoms with Crippen molar-refractivity contribution in [3.63, 3.8) is 0 Å². The van der Waals surface area contributed by atoms with E-state index in [1.165, 1.54) is 30.1 Å². The molecular formula is C90H132Cl2N22O24S. The number of nitrogens with one attached hydrogen (secondary N) is 3. The predicted octanol–water partition coefficient (Wildman–Crippen LogP) is 7.71. The Morgan fingerprint density at radius 1 is 0.410 bits per heavy atom. The average molecular weight is 2010 g/mol. The number of ether oxygens (including phenoxy) is 4. The lowest BCUT2D eigenvalue weighted by molar-refractivity contribution is -0.140. The molecule has 46 nitrogen and oxygen atoms in total. The Morgan fingerprint density at radius 3 is 1.03 bits per heavy atom. The average Bonchev–Trinajstić information content (AvgIpc) is 1.63. The number of carbonyl (C=O) groups excluding carboxylic acids is 10. The van der Waals surface area contributed by atoms with E-state index in [1.807, 2.05) is 131 Å². The lowest BCUT2D eigenvalue weighted by Crippen LogP contribution is -2.52. The Hall–Kier alpha value is -11.4. The van der Waals surface area contributed by atoms with E-state index < -0.39 is 40.6 Å². The number of nitrogens with zero attached hydrogens (tertiary/aromatic N) is 18. The van der Waals surface area contributed by atoms with Crippen molar-refractivity contribution in [2.24, 2.45) is 5.84 Å². The van der Waals surface area contributed by atoms with Crippen molar-refractivity contribution >= 4 is 106 Å². The number of rotatable bonds is 23. The van der Waals surface area contributed by atoms with Crippen molar-refractivity contribution < 1.29 is 112 Å². The molecule has 4 aromatic carbocycles. The van der Waals surface area contributed by atoms with Crippen LogP contribution in [0.25, 0.3) is 0 Å².